The Bertz CT molecular complexity index is 1220. The van der Waals surface area contributed by atoms with Crippen LogP contribution in [0.5, 0.6) is 0 Å². The number of hydrogen-bond donors (Lipinski definition) is 4. The van der Waals surface area contributed by atoms with Crippen LogP contribution in [0.25, 0.3) is 17.2 Å². The van der Waals surface area contributed by atoms with Crippen molar-refractivity contribution in [2.24, 2.45) is 5.73 Å². The second-order valence-electron chi connectivity index (χ2n) is 9.26. The summed E-state index contributed by atoms with van der Waals surface area (Å²) in [7, 11) is 1.77. The molecule has 0 aliphatic carbocycles. The molecule has 3 aliphatic rings. The fourth-order valence-corrected chi connectivity index (χ4v) is 5.14. The minimum atomic E-state index is -0.0364. The maximum atomic E-state index is 9.34. The molecule has 1 unspecified atom stereocenters. The molecule has 3 aliphatic heterocycles. The number of hydrogen-bond acceptors (Lipinski definition) is 7. The lowest BCUT2D eigenvalue weighted by molar-refractivity contribution is -0.0183. The second-order valence-corrected chi connectivity index (χ2v) is 9.26. The van der Waals surface area contributed by atoms with E-state index in [0.29, 0.717) is 24.0 Å². The van der Waals surface area contributed by atoms with Gasteiger partial charge in [-0.1, -0.05) is 32.1 Å². The Hall–Kier alpha value is -3.73. The SMILES string of the molecule is CC.COC(C1=CC=C(N)NC1)N1CCC(Nc2cc(-c3cccc(C#N)c3)cc3c2CNC=C3)CC1. The van der Waals surface area contributed by atoms with E-state index >= 15 is 0 Å². The Morgan fingerprint density at radius 3 is 2.62 bits per heavy atom. The van der Waals surface area contributed by atoms with E-state index in [-0.39, 0.29) is 6.23 Å². The van der Waals surface area contributed by atoms with Crippen molar-refractivity contribution in [3.63, 3.8) is 0 Å². The standard InChI is InChI=1S/C28H32N6O.C2H6/c1-35-28(22-5-6-27(30)32-17-22)34-11-8-24(9-12-34)33-26-15-23(14-21-7-10-31-18-25(21)26)20-4-2-3-19(13-20)16-29;1-2/h2-7,10,13-15,24,28,31-33H,8-9,11-12,17-18,30H2,1H3;1-2H3. The van der Waals surface area contributed by atoms with E-state index in [1.807, 2.05) is 44.3 Å². The van der Waals surface area contributed by atoms with Crippen LogP contribution >= 0.6 is 0 Å². The molecule has 1 saturated heterocycles. The van der Waals surface area contributed by atoms with Crippen molar-refractivity contribution < 1.29 is 4.74 Å². The van der Waals surface area contributed by atoms with Crippen LogP contribution in [0.1, 0.15) is 43.4 Å². The van der Waals surface area contributed by atoms with Crippen molar-refractivity contribution in [3.05, 3.63) is 82.8 Å². The first-order valence-corrected chi connectivity index (χ1v) is 13.2. The first kappa shape index (κ1) is 26.3. The van der Waals surface area contributed by atoms with Crippen molar-refractivity contribution in [2.75, 3.05) is 32.1 Å². The summed E-state index contributed by atoms with van der Waals surface area (Å²) in [5.74, 6) is 0.695. The third-order valence-corrected chi connectivity index (χ3v) is 7.00. The van der Waals surface area contributed by atoms with Gasteiger partial charge < -0.3 is 26.4 Å². The smallest absolute Gasteiger partial charge is 0.134 e. The normalized spacial score (nSPS) is 18.0. The molecule has 0 saturated carbocycles. The topological polar surface area (TPSA) is 98.4 Å². The number of rotatable bonds is 6. The molecule has 37 heavy (non-hydrogen) atoms. The maximum absolute atomic E-state index is 9.34. The third-order valence-electron chi connectivity index (χ3n) is 7.00. The molecule has 0 radical (unpaired) electrons. The van der Waals surface area contributed by atoms with Crippen molar-refractivity contribution in [3.8, 4) is 17.2 Å². The van der Waals surface area contributed by atoms with Gasteiger partial charge in [-0.25, -0.2) is 0 Å². The van der Waals surface area contributed by atoms with Crippen LogP contribution in [0, 0.1) is 11.3 Å². The number of nitriles is 1. The Balaban J connectivity index is 0.00000156. The van der Waals surface area contributed by atoms with Gasteiger partial charge >= 0.3 is 0 Å². The van der Waals surface area contributed by atoms with E-state index in [0.717, 1.165) is 43.6 Å². The van der Waals surface area contributed by atoms with Crippen LogP contribution in [-0.2, 0) is 11.3 Å². The summed E-state index contributed by atoms with van der Waals surface area (Å²) >= 11 is 0. The molecular weight excluding hydrogens is 460 g/mol. The van der Waals surface area contributed by atoms with Gasteiger partial charge in [-0.15, -0.1) is 0 Å². The summed E-state index contributed by atoms with van der Waals surface area (Å²) in [5, 5.41) is 19.7. The van der Waals surface area contributed by atoms with Crippen molar-refractivity contribution >= 4 is 11.8 Å². The largest absolute Gasteiger partial charge is 0.387 e. The van der Waals surface area contributed by atoms with Crippen LogP contribution in [-0.4, -0.2) is 43.9 Å². The van der Waals surface area contributed by atoms with Crippen molar-refractivity contribution in [2.45, 2.75) is 45.5 Å². The van der Waals surface area contributed by atoms with E-state index < -0.39 is 0 Å². The Morgan fingerprint density at radius 2 is 1.92 bits per heavy atom. The predicted octanol–water partition coefficient (Wildman–Crippen LogP) is 4.50. The van der Waals surface area contributed by atoms with Crippen LogP contribution in [0.15, 0.2) is 66.1 Å². The predicted molar refractivity (Wildman–Crippen MR) is 151 cm³/mol. The first-order valence-electron chi connectivity index (χ1n) is 13.2. The summed E-state index contributed by atoms with van der Waals surface area (Å²) in [6, 6.07) is 14.9. The number of nitrogens with two attached hydrogens (primary N) is 1. The number of fused-ring (bicyclic) bond motifs is 1. The van der Waals surface area contributed by atoms with Gasteiger partial charge in [-0.2, -0.15) is 5.26 Å². The van der Waals surface area contributed by atoms with Crippen molar-refractivity contribution in [1.29, 1.82) is 5.26 Å². The third kappa shape index (κ3) is 6.16. The number of nitrogens with zero attached hydrogens (tertiary/aromatic N) is 2. The van der Waals surface area contributed by atoms with Gasteiger partial charge in [0.1, 0.15) is 6.23 Å². The Kier molecular flexibility index (Phi) is 8.89. The highest BCUT2D eigenvalue weighted by Crippen LogP contribution is 2.33. The zero-order valence-corrected chi connectivity index (χ0v) is 22.1. The number of piperidine rings is 1. The van der Waals surface area contributed by atoms with Crippen LogP contribution < -0.4 is 21.7 Å². The number of likely N-dealkylation sites (tertiary alicyclic amines) is 1. The number of allylic oxidation sites excluding steroid dienone is 2. The molecule has 0 bridgehead atoms. The maximum Gasteiger partial charge on any atom is 0.134 e. The molecule has 5 rings (SSSR count). The summed E-state index contributed by atoms with van der Waals surface area (Å²) in [6.45, 7) is 7.43. The molecule has 1 atom stereocenters. The first-order chi connectivity index (χ1) is 18.1. The van der Waals surface area contributed by atoms with Crippen molar-refractivity contribution in [1.82, 2.24) is 15.5 Å². The quantitative estimate of drug-likeness (QED) is 0.465. The molecule has 7 nitrogen and oxygen atoms in total. The van der Waals surface area contributed by atoms with Crippen LogP contribution in [0.3, 0.4) is 0 Å². The molecule has 0 amide bonds. The summed E-state index contributed by atoms with van der Waals surface area (Å²) in [6.07, 6.45) is 10.1. The van der Waals surface area contributed by atoms with Gasteiger partial charge in [-0.3, -0.25) is 4.90 Å². The molecule has 0 aromatic heterocycles. The Morgan fingerprint density at radius 1 is 1.11 bits per heavy atom. The molecule has 1 fully saturated rings. The zero-order chi connectivity index (χ0) is 26.2. The highest BCUT2D eigenvalue weighted by Gasteiger charge is 2.28. The number of benzene rings is 2. The minimum absolute atomic E-state index is 0.0364. The summed E-state index contributed by atoms with van der Waals surface area (Å²) in [4.78, 5) is 2.41. The van der Waals surface area contributed by atoms with E-state index in [2.05, 4.69) is 57.3 Å². The average molecular weight is 499 g/mol. The molecule has 5 N–H and O–H groups in total. The van der Waals surface area contributed by atoms with E-state index in [1.54, 1.807) is 7.11 Å². The van der Waals surface area contributed by atoms with Gasteiger partial charge in [0, 0.05) is 50.6 Å². The van der Waals surface area contributed by atoms with Gasteiger partial charge in [0.05, 0.1) is 17.5 Å². The van der Waals surface area contributed by atoms with E-state index in [4.69, 9.17) is 10.5 Å². The number of methoxy groups -OCH3 is 1. The summed E-state index contributed by atoms with van der Waals surface area (Å²) < 4.78 is 5.86. The molecular formula is C30H38N6O. The van der Waals surface area contributed by atoms with Gasteiger partial charge in [0.2, 0.25) is 0 Å². The van der Waals surface area contributed by atoms with E-state index in [1.165, 1.54) is 22.4 Å². The second kappa shape index (κ2) is 12.5. The number of ether oxygens (including phenoxy) is 1. The molecule has 194 valence electrons. The number of dihydropyridines is 1. The number of anilines is 1. The lowest BCUT2D eigenvalue weighted by atomic mass is 9.94. The molecule has 2 aromatic carbocycles. The van der Waals surface area contributed by atoms with Gasteiger partial charge in [-0.05, 0) is 77.7 Å². The van der Waals surface area contributed by atoms with Gasteiger partial charge in [0.15, 0.2) is 0 Å². The molecule has 3 heterocycles. The lowest BCUT2D eigenvalue weighted by Crippen LogP contribution is -2.48. The van der Waals surface area contributed by atoms with Crippen LogP contribution in [0.2, 0.25) is 0 Å². The molecule has 0 spiro atoms. The average Bonchev–Trinajstić information content (AvgIpc) is 2.96. The fraction of sp³-hybridized carbons (Fsp3) is 0.367. The minimum Gasteiger partial charge on any atom is -0.387 e. The summed E-state index contributed by atoms with van der Waals surface area (Å²) in [5.41, 5.74) is 13.6. The molecule has 2 aromatic rings. The number of nitrogens with one attached hydrogen (secondary N) is 3. The highest BCUT2D eigenvalue weighted by atomic mass is 16.5. The van der Waals surface area contributed by atoms with Crippen LogP contribution in [0.4, 0.5) is 5.69 Å². The lowest BCUT2D eigenvalue weighted by Gasteiger charge is -2.39. The monoisotopic (exact) mass is 498 g/mol. The highest BCUT2D eigenvalue weighted by molar-refractivity contribution is 5.77. The van der Waals surface area contributed by atoms with E-state index in [9.17, 15) is 5.26 Å². The zero-order valence-electron chi connectivity index (χ0n) is 22.1. The van der Waals surface area contributed by atoms with Gasteiger partial charge in [0.25, 0.3) is 0 Å². The fourth-order valence-electron chi connectivity index (χ4n) is 5.14. The Labute approximate surface area is 220 Å². The molecule has 7 heteroatoms.